The molecule has 0 spiro atoms. The first kappa shape index (κ1) is 22.3. The first-order valence-corrected chi connectivity index (χ1v) is 10.6. The van der Waals surface area contributed by atoms with Crippen molar-refractivity contribution in [1.29, 1.82) is 0 Å². The molecule has 2 aromatic carbocycles. The fourth-order valence-electron chi connectivity index (χ4n) is 4.04. The van der Waals surface area contributed by atoms with Gasteiger partial charge in [-0.3, -0.25) is 9.80 Å². The lowest BCUT2D eigenvalue weighted by Gasteiger charge is -2.37. The zero-order chi connectivity index (χ0) is 21.8. The quantitative estimate of drug-likeness (QED) is 0.640. The van der Waals surface area contributed by atoms with E-state index in [0.717, 1.165) is 13.1 Å². The maximum absolute atomic E-state index is 12.9. The second kappa shape index (κ2) is 9.19. The second-order valence-corrected chi connectivity index (χ2v) is 9.19. The molecular weight excluding hydrogens is 376 g/mol. The number of ether oxygens (including phenoxy) is 2. The molecule has 30 heavy (non-hydrogen) atoms. The number of carbonyl (C=O) groups is 1. The van der Waals surface area contributed by atoms with Crippen molar-refractivity contribution in [3.8, 4) is 0 Å². The number of rotatable bonds is 7. The van der Waals surface area contributed by atoms with E-state index >= 15 is 0 Å². The highest BCUT2D eigenvalue weighted by Crippen LogP contribution is 2.35. The number of carbonyl (C=O) groups excluding carboxylic acids is 1. The van der Waals surface area contributed by atoms with Gasteiger partial charge < -0.3 is 9.47 Å². The molecule has 1 aliphatic rings. The van der Waals surface area contributed by atoms with Crippen LogP contribution in [-0.2, 0) is 22.6 Å². The average molecular weight is 411 g/mol. The molecule has 0 unspecified atom stereocenters. The molecule has 0 saturated carbocycles. The summed E-state index contributed by atoms with van der Waals surface area (Å²) >= 11 is 0. The van der Waals surface area contributed by atoms with Gasteiger partial charge in [0.05, 0.1) is 12.1 Å². The van der Waals surface area contributed by atoms with Gasteiger partial charge in [-0.15, -0.1) is 0 Å². The highest BCUT2D eigenvalue weighted by Gasteiger charge is 2.49. The van der Waals surface area contributed by atoms with Crippen LogP contribution in [0, 0.1) is 0 Å². The maximum Gasteiger partial charge on any atom is 0.412 e. The van der Waals surface area contributed by atoms with Crippen LogP contribution in [0.1, 0.15) is 45.7 Å². The summed E-state index contributed by atoms with van der Waals surface area (Å²) in [6.07, 6.45) is -0.325. The van der Waals surface area contributed by atoms with Gasteiger partial charge >= 0.3 is 6.09 Å². The number of hydrogen-bond acceptors (Lipinski definition) is 4. The number of hydrogen-bond donors (Lipinski definition) is 0. The van der Waals surface area contributed by atoms with E-state index in [0.29, 0.717) is 13.2 Å². The second-order valence-electron chi connectivity index (χ2n) is 9.19. The Balaban J connectivity index is 1.68. The van der Waals surface area contributed by atoms with Gasteiger partial charge in [0, 0.05) is 19.1 Å². The van der Waals surface area contributed by atoms with E-state index in [1.54, 1.807) is 4.90 Å². The summed E-state index contributed by atoms with van der Waals surface area (Å²) in [5, 5.41) is 0. The predicted molar refractivity (Wildman–Crippen MR) is 119 cm³/mol. The molecule has 1 fully saturated rings. The van der Waals surface area contributed by atoms with Gasteiger partial charge in [0.25, 0.3) is 0 Å². The van der Waals surface area contributed by atoms with E-state index in [1.165, 1.54) is 11.1 Å². The highest BCUT2D eigenvalue weighted by atomic mass is 16.6. The minimum absolute atomic E-state index is 0.0594. The topological polar surface area (TPSA) is 42.0 Å². The molecule has 5 heteroatoms. The Kier molecular flexibility index (Phi) is 6.84. The Labute approximate surface area is 180 Å². The molecule has 1 saturated heterocycles. The van der Waals surface area contributed by atoms with Crippen LogP contribution < -0.4 is 0 Å². The van der Waals surface area contributed by atoms with Crippen LogP contribution in [0.2, 0.25) is 0 Å². The Bertz CT molecular complexity index is 763. The summed E-state index contributed by atoms with van der Waals surface area (Å²) in [5.41, 5.74) is 1.42. The molecule has 3 rings (SSSR count). The van der Waals surface area contributed by atoms with Gasteiger partial charge in [-0.05, 0) is 45.7 Å². The Morgan fingerprint density at radius 1 is 1.00 bits per heavy atom. The fourth-order valence-corrected chi connectivity index (χ4v) is 4.04. The van der Waals surface area contributed by atoms with Gasteiger partial charge in [0.2, 0.25) is 0 Å². The monoisotopic (exact) mass is 410 g/mol. The minimum atomic E-state index is -0.669. The molecule has 0 aromatic heterocycles. The lowest BCUT2D eigenvalue weighted by molar-refractivity contribution is -0.0547. The fraction of sp³-hybridized carbons (Fsp3) is 0.480. The zero-order valence-corrected chi connectivity index (χ0v) is 18.8. The molecular formula is C25H34N2O3. The average Bonchev–Trinajstić information content (AvgIpc) is 2.94. The molecule has 0 N–H and O–H groups in total. The van der Waals surface area contributed by atoms with Crippen LogP contribution in [-0.4, -0.2) is 46.4 Å². The summed E-state index contributed by atoms with van der Waals surface area (Å²) in [7, 11) is 0. The van der Waals surface area contributed by atoms with Crippen molar-refractivity contribution in [1.82, 2.24) is 9.80 Å². The molecule has 1 atom stereocenters. The zero-order valence-electron chi connectivity index (χ0n) is 18.8. The predicted octanol–water partition coefficient (Wildman–Crippen LogP) is 5.06. The highest BCUT2D eigenvalue weighted by molar-refractivity contribution is 5.70. The third kappa shape index (κ3) is 5.41. The van der Waals surface area contributed by atoms with Crippen molar-refractivity contribution >= 4 is 6.09 Å². The van der Waals surface area contributed by atoms with Gasteiger partial charge in [0.1, 0.15) is 12.3 Å². The smallest absolute Gasteiger partial charge is 0.412 e. The third-order valence-corrected chi connectivity index (χ3v) is 5.63. The van der Waals surface area contributed by atoms with E-state index in [4.69, 9.17) is 9.47 Å². The van der Waals surface area contributed by atoms with Crippen molar-refractivity contribution in [3.05, 3.63) is 71.8 Å². The largest absolute Gasteiger partial charge is 0.448 e. The van der Waals surface area contributed by atoms with Crippen LogP contribution in [0.3, 0.4) is 0 Å². The molecule has 1 amide bonds. The first-order valence-electron chi connectivity index (χ1n) is 10.6. The Morgan fingerprint density at radius 3 is 1.93 bits per heavy atom. The number of nitrogens with zero attached hydrogens (tertiary/aromatic N) is 2. The lowest BCUT2D eigenvalue weighted by Crippen LogP contribution is -2.53. The van der Waals surface area contributed by atoms with Gasteiger partial charge in [-0.2, -0.15) is 0 Å². The normalized spacial score (nSPS) is 18.4. The molecule has 0 bridgehead atoms. The van der Waals surface area contributed by atoms with Gasteiger partial charge in [-0.1, -0.05) is 60.7 Å². The van der Waals surface area contributed by atoms with Crippen LogP contribution in [0.5, 0.6) is 0 Å². The maximum atomic E-state index is 12.9. The molecule has 1 heterocycles. The van der Waals surface area contributed by atoms with E-state index in [1.807, 2.05) is 39.8 Å². The molecule has 162 valence electrons. The molecule has 1 aliphatic heterocycles. The van der Waals surface area contributed by atoms with Crippen LogP contribution in [0.4, 0.5) is 4.79 Å². The number of benzene rings is 2. The Hall–Kier alpha value is -2.37. The van der Waals surface area contributed by atoms with Crippen molar-refractivity contribution in [2.75, 3.05) is 13.2 Å². The van der Waals surface area contributed by atoms with Gasteiger partial charge in [-0.25, -0.2) is 4.79 Å². The lowest BCUT2D eigenvalue weighted by atomic mass is 10.0. The van der Waals surface area contributed by atoms with Crippen molar-refractivity contribution in [2.45, 2.75) is 65.0 Å². The molecule has 2 aromatic rings. The summed E-state index contributed by atoms with van der Waals surface area (Å²) < 4.78 is 11.6. The van der Waals surface area contributed by atoms with Crippen molar-refractivity contribution in [3.63, 3.8) is 0 Å². The molecule has 0 radical (unpaired) electrons. The SMILES string of the molecule is C[C@@H](COC(=O)N1C(C)(C)COC1(C)C)N(Cc1ccccc1)Cc1ccccc1. The number of amides is 1. The summed E-state index contributed by atoms with van der Waals surface area (Å²) in [4.78, 5) is 17.0. The van der Waals surface area contributed by atoms with Crippen LogP contribution >= 0.6 is 0 Å². The van der Waals surface area contributed by atoms with E-state index in [2.05, 4.69) is 60.4 Å². The van der Waals surface area contributed by atoms with Gasteiger partial charge in [0.15, 0.2) is 0 Å². The van der Waals surface area contributed by atoms with Crippen LogP contribution in [0.15, 0.2) is 60.7 Å². The Morgan fingerprint density at radius 2 is 1.50 bits per heavy atom. The van der Waals surface area contributed by atoms with Crippen molar-refractivity contribution < 1.29 is 14.3 Å². The summed E-state index contributed by atoms with van der Waals surface area (Å²) in [6.45, 7) is 12.3. The van der Waals surface area contributed by atoms with Crippen LogP contribution in [0.25, 0.3) is 0 Å². The standard InChI is InChI=1S/C25H34N2O3/c1-20(18-29-23(28)27-24(2,3)19-30-25(27,4)5)26(16-21-12-8-6-9-13-21)17-22-14-10-7-11-15-22/h6-15,20H,16-19H2,1-5H3/t20-/m0/s1. The summed E-state index contributed by atoms with van der Waals surface area (Å²) in [5.74, 6) is 0. The third-order valence-electron chi connectivity index (χ3n) is 5.63. The summed E-state index contributed by atoms with van der Waals surface area (Å²) in [6, 6.07) is 20.8. The molecule has 5 nitrogen and oxygen atoms in total. The molecule has 0 aliphatic carbocycles. The van der Waals surface area contributed by atoms with E-state index in [-0.39, 0.29) is 12.1 Å². The van der Waals surface area contributed by atoms with E-state index in [9.17, 15) is 4.79 Å². The first-order chi connectivity index (χ1) is 14.2. The minimum Gasteiger partial charge on any atom is -0.448 e. The van der Waals surface area contributed by atoms with E-state index < -0.39 is 11.3 Å². The van der Waals surface area contributed by atoms with Crippen molar-refractivity contribution in [2.24, 2.45) is 0 Å².